The van der Waals surface area contributed by atoms with E-state index in [1.54, 1.807) is 24.6 Å². The number of nitrogens with zero attached hydrogens (tertiary/aromatic N) is 1. The minimum atomic E-state index is -0.455. The fourth-order valence-electron chi connectivity index (χ4n) is 2.41. The molecule has 1 N–H and O–H groups in total. The first-order chi connectivity index (χ1) is 13.5. The zero-order valence-corrected chi connectivity index (χ0v) is 17.2. The highest BCUT2D eigenvalue weighted by Gasteiger charge is 2.17. The lowest BCUT2D eigenvalue weighted by Crippen LogP contribution is -2.22. The number of anilines is 1. The molecular weight excluding hydrogens is 399 g/mol. The van der Waals surface area contributed by atoms with Gasteiger partial charge in [-0.3, -0.25) is 4.79 Å². The number of carbonyl (C=O) groups excluding carboxylic acids is 1. The first kappa shape index (κ1) is 20.2. The van der Waals surface area contributed by atoms with Crippen LogP contribution in [-0.4, -0.2) is 30.4 Å². The molecule has 0 spiro atoms. The first-order valence-corrected chi connectivity index (χ1v) is 10.2. The van der Waals surface area contributed by atoms with Crippen molar-refractivity contribution in [2.24, 2.45) is 0 Å². The largest absolute Gasteiger partial charge is 0.497 e. The Kier molecular flexibility index (Phi) is 6.53. The van der Waals surface area contributed by atoms with Gasteiger partial charge in [0.05, 0.1) is 25.2 Å². The zero-order chi connectivity index (χ0) is 20.1. The van der Waals surface area contributed by atoms with Gasteiger partial charge in [-0.05, 0) is 49.4 Å². The lowest BCUT2D eigenvalue weighted by molar-refractivity contribution is -0.115. The van der Waals surface area contributed by atoms with Gasteiger partial charge in [0.15, 0.2) is 16.7 Å². The van der Waals surface area contributed by atoms with Gasteiger partial charge < -0.3 is 14.8 Å². The van der Waals surface area contributed by atoms with Crippen LogP contribution in [0.3, 0.4) is 0 Å². The van der Waals surface area contributed by atoms with Gasteiger partial charge in [-0.25, -0.2) is 9.37 Å². The number of rotatable bonds is 7. The summed E-state index contributed by atoms with van der Waals surface area (Å²) in [5.41, 5.74) is 1.22. The molecular formula is C20H19FN2O3S2. The first-order valence-electron chi connectivity index (χ1n) is 8.41. The minimum Gasteiger partial charge on any atom is -0.497 e. The second-order valence-corrected chi connectivity index (χ2v) is 8.08. The molecule has 0 aliphatic heterocycles. The molecule has 0 saturated carbocycles. The minimum absolute atomic E-state index is 0.150. The van der Waals surface area contributed by atoms with Crippen molar-refractivity contribution >= 4 is 34.1 Å². The summed E-state index contributed by atoms with van der Waals surface area (Å²) in [5, 5.41) is 4.76. The van der Waals surface area contributed by atoms with E-state index in [4.69, 9.17) is 9.47 Å². The third kappa shape index (κ3) is 4.82. The third-order valence-electron chi connectivity index (χ3n) is 3.92. The molecule has 0 radical (unpaired) electrons. The van der Waals surface area contributed by atoms with Crippen molar-refractivity contribution in [3.8, 4) is 22.8 Å². The summed E-state index contributed by atoms with van der Waals surface area (Å²) in [4.78, 5) is 17.8. The van der Waals surface area contributed by atoms with E-state index in [-0.39, 0.29) is 16.9 Å². The van der Waals surface area contributed by atoms with Crippen LogP contribution < -0.4 is 14.8 Å². The number of hydrogen-bond donors (Lipinski definition) is 1. The molecule has 0 bridgehead atoms. The van der Waals surface area contributed by atoms with Gasteiger partial charge in [0.2, 0.25) is 5.91 Å². The second-order valence-electron chi connectivity index (χ2n) is 5.81. The van der Waals surface area contributed by atoms with Gasteiger partial charge in [-0.2, -0.15) is 0 Å². The molecule has 0 aliphatic carbocycles. The highest BCUT2D eigenvalue weighted by atomic mass is 32.2. The van der Waals surface area contributed by atoms with Crippen molar-refractivity contribution in [3.63, 3.8) is 0 Å². The summed E-state index contributed by atoms with van der Waals surface area (Å²) >= 11 is 2.74. The molecule has 3 rings (SSSR count). The van der Waals surface area contributed by atoms with E-state index in [0.717, 1.165) is 10.6 Å². The molecule has 1 aromatic heterocycles. The molecule has 0 saturated heterocycles. The molecule has 146 valence electrons. The van der Waals surface area contributed by atoms with Gasteiger partial charge in [0.1, 0.15) is 5.75 Å². The van der Waals surface area contributed by atoms with Crippen LogP contribution in [0.2, 0.25) is 0 Å². The molecule has 3 aromatic rings. The Labute approximate surface area is 170 Å². The SMILES string of the molecule is COc1ccc(SC(C)C(=O)Nc2nc(-c3ccc(OC)c(F)c3)cs2)cc1. The number of nitrogens with one attached hydrogen (secondary N) is 1. The van der Waals surface area contributed by atoms with Crippen LogP contribution in [0, 0.1) is 5.82 Å². The maximum absolute atomic E-state index is 13.9. The van der Waals surface area contributed by atoms with Crippen molar-refractivity contribution < 1.29 is 18.7 Å². The quantitative estimate of drug-likeness (QED) is 0.542. The van der Waals surface area contributed by atoms with Gasteiger partial charge in [0, 0.05) is 15.8 Å². The summed E-state index contributed by atoms with van der Waals surface area (Å²) in [6, 6.07) is 12.2. The maximum Gasteiger partial charge on any atom is 0.239 e. The van der Waals surface area contributed by atoms with E-state index >= 15 is 0 Å². The van der Waals surface area contributed by atoms with E-state index in [0.29, 0.717) is 16.4 Å². The number of ether oxygens (including phenoxy) is 2. The Morgan fingerprint density at radius 3 is 2.57 bits per heavy atom. The fourth-order valence-corrected chi connectivity index (χ4v) is 4.00. The monoisotopic (exact) mass is 418 g/mol. The van der Waals surface area contributed by atoms with E-state index < -0.39 is 5.82 Å². The fraction of sp³-hybridized carbons (Fsp3) is 0.200. The Balaban J connectivity index is 1.63. The number of hydrogen-bond acceptors (Lipinski definition) is 6. The van der Waals surface area contributed by atoms with Crippen LogP contribution in [0.15, 0.2) is 52.7 Å². The maximum atomic E-state index is 13.9. The third-order valence-corrected chi connectivity index (χ3v) is 5.79. The van der Waals surface area contributed by atoms with Gasteiger partial charge in [-0.15, -0.1) is 23.1 Å². The smallest absolute Gasteiger partial charge is 0.239 e. The lowest BCUT2D eigenvalue weighted by Gasteiger charge is -2.10. The number of benzene rings is 2. The average molecular weight is 419 g/mol. The molecule has 1 amide bonds. The van der Waals surface area contributed by atoms with Crippen molar-refractivity contribution in [3.05, 3.63) is 53.7 Å². The number of aromatic nitrogens is 1. The van der Waals surface area contributed by atoms with Gasteiger partial charge in [0.25, 0.3) is 0 Å². The summed E-state index contributed by atoms with van der Waals surface area (Å²) in [5.74, 6) is 0.342. The van der Waals surface area contributed by atoms with Crippen LogP contribution in [0.5, 0.6) is 11.5 Å². The molecule has 0 fully saturated rings. The van der Waals surface area contributed by atoms with Crippen LogP contribution >= 0.6 is 23.1 Å². The van der Waals surface area contributed by atoms with E-state index in [9.17, 15) is 9.18 Å². The highest BCUT2D eigenvalue weighted by molar-refractivity contribution is 8.00. The van der Waals surface area contributed by atoms with Gasteiger partial charge >= 0.3 is 0 Å². The predicted octanol–water partition coefficient (Wildman–Crippen LogP) is 5.09. The zero-order valence-electron chi connectivity index (χ0n) is 15.6. The summed E-state index contributed by atoms with van der Waals surface area (Å²) in [6.07, 6.45) is 0. The lowest BCUT2D eigenvalue weighted by atomic mass is 10.1. The number of thiazole rings is 1. The van der Waals surface area contributed by atoms with Crippen LogP contribution in [0.25, 0.3) is 11.3 Å². The molecule has 1 atom stereocenters. The summed E-state index contributed by atoms with van der Waals surface area (Å²) in [6.45, 7) is 1.83. The number of thioether (sulfide) groups is 1. The normalized spacial score (nSPS) is 11.7. The van der Waals surface area contributed by atoms with E-state index in [1.807, 2.05) is 31.2 Å². The number of carbonyl (C=O) groups is 1. The molecule has 28 heavy (non-hydrogen) atoms. The van der Waals surface area contributed by atoms with Gasteiger partial charge in [-0.1, -0.05) is 0 Å². The molecule has 5 nitrogen and oxygen atoms in total. The Hall–Kier alpha value is -2.58. The van der Waals surface area contributed by atoms with Crippen molar-refractivity contribution in [1.29, 1.82) is 0 Å². The average Bonchev–Trinajstić information content (AvgIpc) is 3.17. The standard InChI is InChI=1S/C20H19FN2O3S2/c1-12(28-15-7-5-14(25-2)6-8-15)19(24)23-20-22-17(11-27-20)13-4-9-18(26-3)16(21)10-13/h4-12H,1-3H3,(H,22,23,24). The van der Waals surface area contributed by atoms with Crippen LogP contribution in [0.4, 0.5) is 9.52 Å². The molecule has 0 aliphatic rings. The van der Waals surface area contributed by atoms with E-state index in [1.165, 1.54) is 36.3 Å². The number of halogens is 1. The topological polar surface area (TPSA) is 60.5 Å². The van der Waals surface area contributed by atoms with E-state index in [2.05, 4.69) is 10.3 Å². The van der Waals surface area contributed by atoms with Crippen LogP contribution in [0.1, 0.15) is 6.92 Å². The highest BCUT2D eigenvalue weighted by Crippen LogP contribution is 2.30. The Morgan fingerprint density at radius 1 is 1.18 bits per heavy atom. The number of methoxy groups -OCH3 is 2. The summed E-state index contributed by atoms with van der Waals surface area (Å²) in [7, 11) is 3.03. The van der Waals surface area contributed by atoms with Crippen molar-refractivity contribution in [1.82, 2.24) is 4.98 Å². The van der Waals surface area contributed by atoms with Crippen molar-refractivity contribution in [2.75, 3.05) is 19.5 Å². The van der Waals surface area contributed by atoms with Crippen LogP contribution in [-0.2, 0) is 4.79 Å². The molecule has 1 unspecified atom stereocenters. The second kappa shape index (κ2) is 9.07. The predicted molar refractivity (Wildman–Crippen MR) is 111 cm³/mol. The molecule has 2 aromatic carbocycles. The summed E-state index contributed by atoms with van der Waals surface area (Å²) < 4.78 is 23.9. The molecule has 8 heteroatoms. The number of amides is 1. The van der Waals surface area contributed by atoms with Crippen molar-refractivity contribution in [2.45, 2.75) is 17.1 Å². The Morgan fingerprint density at radius 2 is 1.93 bits per heavy atom. The Bertz CT molecular complexity index is 960. The molecule has 1 heterocycles.